The lowest BCUT2D eigenvalue weighted by Gasteiger charge is -2.33. The number of piperidine rings is 1. The van der Waals surface area contributed by atoms with Crippen LogP contribution in [0, 0.1) is 5.82 Å². The molecule has 2 heterocycles. The normalized spacial score (nSPS) is 17.9. The fourth-order valence-electron chi connectivity index (χ4n) is 3.32. The second kappa shape index (κ2) is 7.38. The molecule has 0 bridgehead atoms. The molecule has 0 radical (unpaired) electrons. The maximum absolute atomic E-state index is 13.0. The molecule has 0 spiro atoms. The zero-order valence-electron chi connectivity index (χ0n) is 14.3. The van der Waals surface area contributed by atoms with Crippen molar-refractivity contribution in [2.45, 2.75) is 25.3 Å². The van der Waals surface area contributed by atoms with Crippen LogP contribution in [-0.4, -0.2) is 22.3 Å². The Morgan fingerprint density at radius 3 is 2.77 bits per heavy atom. The number of likely N-dealkylation sites (tertiary alicyclic amines) is 1. The van der Waals surface area contributed by atoms with Crippen LogP contribution < -0.4 is 0 Å². The molecule has 5 heteroatoms. The van der Waals surface area contributed by atoms with Crippen molar-refractivity contribution in [1.82, 2.24) is 9.88 Å². The number of rotatable bonds is 3. The van der Waals surface area contributed by atoms with E-state index in [1.165, 1.54) is 12.1 Å². The van der Waals surface area contributed by atoms with Crippen molar-refractivity contribution in [3.8, 4) is 0 Å². The van der Waals surface area contributed by atoms with Gasteiger partial charge in [-0.05, 0) is 55.2 Å². The monoisotopic (exact) mass is 366 g/mol. The third-order valence-corrected chi connectivity index (χ3v) is 5.81. The zero-order chi connectivity index (χ0) is 17.9. The van der Waals surface area contributed by atoms with E-state index in [1.807, 2.05) is 23.1 Å². The molecule has 132 valence electrons. The zero-order valence-corrected chi connectivity index (χ0v) is 15.1. The van der Waals surface area contributed by atoms with Gasteiger partial charge in [0.1, 0.15) is 10.8 Å². The predicted octanol–water partition coefficient (Wildman–Crippen LogP) is 5.20. The number of para-hydroxylation sites is 1. The van der Waals surface area contributed by atoms with Gasteiger partial charge in [0.25, 0.3) is 0 Å². The molecule has 2 aromatic carbocycles. The summed E-state index contributed by atoms with van der Waals surface area (Å²) in [6.07, 6.45) is 6.38. The summed E-state index contributed by atoms with van der Waals surface area (Å²) in [5.74, 6) is -0.293. The van der Waals surface area contributed by atoms with E-state index in [2.05, 4.69) is 6.07 Å². The Hall–Kier alpha value is -2.53. The highest BCUT2D eigenvalue weighted by Crippen LogP contribution is 2.35. The molecule has 1 aromatic heterocycles. The standard InChI is InChI=1S/C21H19FN2OS/c22-16-11-8-15(9-12-16)10-13-20(25)24-14-4-3-6-18(24)21-23-17-5-1-2-7-19(17)26-21/h1-2,5,7-13,18H,3-4,6,14H2. The summed E-state index contributed by atoms with van der Waals surface area (Å²) in [5, 5.41) is 1.01. The maximum atomic E-state index is 13.0. The summed E-state index contributed by atoms with van der Waals surface area (Å²) in [6.45, 7) is 0.743. The maximum Gasteiger partial charge on any atom is 0.247 e. The van der Waals surface area contributed by atoms with E-state index >= 15 is 0 Å². The van der Waals surface area contributed by atoms with Crippen molar-refractivity contribution in [2.24, 2.45) is 0 Å². The number of fused-ring (bicyclic) bond motifs is 1. The molecule has 0 N–H and O–H groups in total. The van der Waals surface area contributed by atoms with Crippen molar-refractivity contribution < 1.29 is 9.18 Å². The number of hydrogen-bond acceptors (Lipinski definition) is 3. The van der Waals surface area contributed by atoms with Crippen molar-refractivity contribution in [3.05, 3.63) is 71.0 Å². The minimum absolute atomic E-state index is 0.0155. The van der Waals surface area contributed by atoms with Gasteiger partial charge in [0.2, 0.25) is 5.91 Å². The predicted molar refractivity (Wildman–Crippen MR) is 103 cm³/mol. The van der Waals surface area contributed by atoms with E-state index < -0.39 is 0 Å². The van der Waals surface area contributed by atoms with E-state index in [1.54, 1.807) is 35.6 Å². The highest BCUT2D eigenvalue weighted by Gasteiger charge is 2.29. The van der Waals surface area contributed by atoms with Gasteiger partial charge in [-0.15, -0.1) is 11.3 Å². The summed E-state index contributed by atoms with van der Waals surface area (Å²) in [6, 6.07) is 14.2. The topological polar surface area (TPSA) is 33.2 Å². The number of carbonyl (C=O) groups excluding carboxylic acids is 1. The molecule has 0 saturated carbocycles. The highest BCUT2D eigenvalue weighted by atomic mass is 32.1. The van der Waals surface area contributed by atoms with Crippen LogP contribution in [0.25, 0.3) is 16.3 Å². The minimum atomic E-state index is -0.277. The summed E-state index contributed by atoms with van der Waals surface area (Å²) < 4.78 is 14.2. The van der Waals surface area contributed by atoms with Crippen LogP contribution >= 0.6 is 11.3 Å². The third-order valence-electron chi connectivity index (χ3n) is 4.67. The van der Waals surface area contributed by atoms with Crippen LogP contribution in [0.2, 0.25) is 0 Å². The SMILES string of the molecule is O=C(C=Cc1ccc(F)cc1)N1CCCCC1c1nc2ccccc2s1. The average Bonchev–Trinajstić information content (AvgIpc) is 3.11. The van der Waals surface area contributed by atoms with Crippen LogP contribution in [0.3, 0.4) is 0 Å². The molecule has 0 aliphatic carbocycles. The summed E-state index contributed by atoms with van der Waals surface area (Å²) in [7, 11) is 0. The van der Waals surface area contributed by atoms with Gasteiger partial charge < -0.3 is 4.90 Å². The summed E-state index contributed by atoms with van der Waals surface area (Å²) >= 11 is 1.67. The first kappa shape index (κ1) is 16.9. The first-order valence-corrected chi connectivity index (χ1v) is 9.62. The largest absolute Gasteiger partial charge is 0.330 e. The molecule has 1 atom stereocenters. The lowest BCUT2D eigenvalue weighted by molar-refractivity contribution is -0.129. The number of benzene rings is 2. The molecule has 3 aromatic rings. The summed E-state index contributed by atoms with van der Waals surface area (Å²) in [5.41, 5.74) is 1.81. The van der Waals surface area contributed by atoms with E-state index in [4.69, 9.17) is 4.98 Å². The van der Waals surface area contributed by atoms with Crippen LogP contribution in [0.15, 0.2) is 54.6 Å². The van der Waals surface area contributed by atoms with Gasteiger partial charge in [-0.25, -0.2) is 9.37 Å². The molecule has 1 aliphatic rings. The van der Waals surface area contributed by atoms with Gasteiger partial charge in [0, 0.05) is 12.6 Å². The van der Waals surface area contributed by atoms with Crippen molar-refractivity contribution in [1.29, 1.82) is 0 Å². The van der Waals surface area contributed by atoms with Gasteiger partial charge in [0.15, 0.2) is 0 Å². The number of aromatic nitrogens is 1. The number of hydrogen-bond donors (Lipinski definition) is 0. The van der Waals surface area contributed by atoms with E-state index in [0.717, 1.165) is 46.6 Å². The molecule has 1 saturated heterocycles. The molecular weight excluding hydrogens is 347 g/mol. The lowest BCUT2D eigenvalue weighted by Crippen LogP contribution is -2.37. The van der Waals surface area contributed by atoms with Gasteiger partial charge >= 0.3 is 0 Å². The molecule has 1 aliphatic heterocycles. The second-order valence-electron chi connectivity index (χ2n) is 6.45. The Balaban J connectivity index is 1.56. The Bertz CT molecular complexity index is 915. The smallest absolute Gasteiger partial charge is 0.247 e. The van der Waals surface area contributed by atoms with E-state index in [-0.39, 0.29) is 17.8 Å². The van der Waals surface area contributed by atoms with Crippen LogP contribution in [-0.2, 0) is 4.79 Å². The summed E-state index contributed by atoms with van der Waals surface area (Å²) in [4.78, 5) is 19.5. The Morgan fingerprint density at radius 1 is 1.15 bits per heavy atom. The molecule has 1 amide bonds. The quantitative estimate of drug-likeness (QED) is 0.597. The van der Waals surface area contributed by atoms with E-state index in [9.17, 15) is 9.18 Å². The van der Waals surface area contributed by atoms with Crippen molar-refractivity contribution >= 4 is 33.5 Å². The molecule has 4 rings (SSSR count). The fraction of sp³-hybridized carbons (Fsp3) is 0.238. The van der Waals surface area contributed by atoms with Gasteiger partial charge in [-0.2, -0.15) is 0 Å². The fourth-order valence-corrected chi connectivity index (χ4v) is 4.44. The average molecular weight is 366 g/mol. The first-order chi connectivity index (χ1) is 12.7. The first-order valence-electron chi connectivity index (χ1n) is 8.80. The Morgan fingerprint density at radius 2 is 1.96 bits per heavy atom. The van der Waals surface area contributed by atoms with Gasteiger partial charge in [-0.3, -0.25) is 4.79 Å². The van der Waals surface area contributed by atoms with Gasteiger partial charge in [0.05, 0.1) is 16.3 Å². The molecule has 1 fully saturated rings. The third kappa shape index (κ3) is 3.53. The van der Waals surface area contributed by atoms with Gasteiger partial charge in [-0.1, -0.05) is 24.3 Å². The van der Waals surface area contributed by atoms with Crippen LogP contribution in [0.4, 0.5) is 4.39 Å². The number of thiazole rings is 1. The minimum Gasteiger partial charge on any atom is -0.330 e. The number of amides is 1. The lowest BCUT2D eigenvalue weighted by atomic mass is 10.0. The second-order valence-corrected chi connectivity index (χ2v) is 7.51. The Kier molecular flexibility index (Phi) is 4.80. The Labute approximate surface area is 155 Å². The molecule has 1 unspecified atom stereocenters. The highest BCUT2D eigenvalue weighted by molar-refractivity contribution is 7.18. The number of halogens is 1. The van der Waals surface area contributed by atoms with Crippen LogP contribution in [0.5, 0.6) is 0 Å². The molecular formula is C21H19FN2OS. The molecule has 3 nitrogen and oxygen atoms in total. The number of carbonyl (C=O) groups is 1. The van der Waals surface area contributed by atoms with Crippen molar-refractivity contribution in [3.63, 3.8) is 0 Å². The molecule has 26 heavy (non-hydrogen) atoms. The van der Waals surface area contributed by atoms with E-state index in [0.29, 0.717) is 0 Å². The number of nitrogens with zero attached hydrogens (tertiary/aromatic N) is 2. The van der Waals surface area contributed by atoms with Crippen LogP contribution in [0.1, 0.15) is 35.9 Å². The van der Waals surface area contributed by atoms with Crippen molar-refractivity contribution in [2.75, 3.05) is 6.54 Å².